The molecular weight excluding hydrogens is 444 g/mol. The van der Waals surface area contributed by atoms with Crippen LogP contribution in [0.25, 0.3) is 0 Å². The van der Waals surface area contributed by atoms with Gasteiger partial charge in [-0.05, 0) is 73.9 Å². The quantitative estimate of drug-likeness (QED) is 0.531. The van der Waals surface area contributed by atoms with Gasteiger partial charge in [-0.3, -0.25) is 19.3 Å². The summed E-state index contributed by atoms with van der Waals surface area (Å²) in [6, 6.07) is 11.4. The number of esters is 1. The number of nitrogens with zero attached hydrogens (tertiary/aromatic N) is 1. The molecule has 0 unspecified atom stereocenters. The Labute approximate surface area is 196 Å². The molecule has 8 heteroatoms. The number of anilines is 2. The van der Waals surface area contributed by atoms with Crippen LogP contribution in [0.2, 0.25) is 5.02 Å². The molecule has 33 heavy (non-hydrogen) atoms. The summed E-state index contributed by atoms with van der Waals surface area (Å²) in [5, 5.41) is 3.14. The predicted octanol–water partition coefficient (Wildman–Crippen LogP) is 3.98. The average molecular weight is 467 g/mol. The number of rotatable bonds is 5. The van der Waals surface area contributed by atoms with Crippen LogP contribution >= 0.6 is 11.6 Å². The predicted molar refractivity (Wildman–Crippen MR) is 122 cm³/mol. The standard InChI is InChI=1S/C25H23ClN2O5/c1-13-5-8-17(26)11-19(13)27-20(29)12-33-25(32)16-3-2-4-18(10-16)28-23(30)21-14-6-7-15(9-14)22(21)24(28)31/h2-5,8,10-11,14-15,21-22H,6-7,9,12H2,1H3,(H,27,29)/t14-,15-,21-,22-/m0/s1. The second-order valence-corrected chi connectivity index (χ2v) is 9.47. The number of imide groups is 1. The molecule has 1 saturated heterocycles. The molecule has 1 heterocycles. The summed E-state index contributed by atoms with van der Waals surface area (Å²) in [7, 11) is 0. The number of amides is 3. The van der Waals surface area contributed by atoms with Crippen LogP contribution in [0.3, 0.4) is 0 Å². The van der Waals surface area contributed by atoms with Crippen LogP contribution in [-0.2, 0) is 19.1 Å². The largest absolute Gasteiger partial charge is 0.452 e. The highest BCUT2D eigenvalue weighted by Gasteiger charge is 2.61. The summed E-state index contributed by atoms with van der Waals surface area (Å²) in [5.74, 6) is -1.44. The normalized spacial score (nSPS) is 25.3. The number of aryl methyl sites for hydroxylation is 1. The molecule has 3 amide bonds. The first kappa shape index (κ1) is 21.6. The molecule has 4 atom stereocenters. The molecular formula is C25H23ClN2O5. The number of halogens is 1. The maximum absolute atomic E-state index is 13.0. The van der Waals surface area contributed by atoms with Crippen molar-refractivity contribution < 1.29 is 23.9 Å². The lowest BCUT2D eigenvalue weighted by Gasteiger charge is -2.19. The molecule has 1 N–H and O–H groups in total. The zero-order chi connectivity index (χ0) is 23.3. The fraction of sp³-hybridized carbons (Fsp3) is 0.360. The maximum Gasteiger partial charge on any atom is 0.338 e. The van der Waals surface area contributed by atoms with Gasteiger partial charge in [-0.25, -0.2) is 4.79 Å². The van der Waals surface area contributed by atoms with Crippen LogP contribution in [0, 0.1) is 30.6 Å². The Balaban J connectivity index is 1.25. The third kappa shape index (κ3) is 3.80. The Morgan fingerprint density at radius 2 is 1.76 bits per heavy atom. The Morgan fingerprint density at radius 3 is 2.45 bits per heavy atom. The summed E-state index contributed by atoms with van der Waals surface area (Å²) in [6.07, 6.45) is 2.97. The van der Waals surface area contributed by atoms with Crippen molar-refractivity contribution in [2.45, 2.75) is 26.2 Å². The molecule has 2 aliphatic carbocycles. The molecule has 0 radical (unpaired) electrons. The van der Waals surface area contributed by atoms with Gasteiger partial charge in [-0.1, -0.05) is 23.7 Å². The van der Waals surface area contributed by atoms with Gasteiger partial charge in [0.1, 0.15) is 0 Å². The molecule has 0 aromatic heterocycles. The van der Waals surface area contributed by atoms with Gasteiger partial charge in [0.25, 0.3) is 5.91 Å². The van der Waals surface area contributed by atoms with Gasteiger partial charge in [-0.15, -0.1) is 0 Å². The van der Waals surface area contributed by atoms with Gasteiger partial charge in [0.2, 0.25) is 11.8 Å². The molecule has 170 valence electrons. The smallest absolute Gasteiger partial charge is 0.338 e. The Hall–Kier alpha value is -3.19. The van der Waals surface area contributed by atoms with Crippen molar-refractivity contribution in [2.24, 2.45) is 23.7 Å². The van der Waals surface area contributed by atoms with Gasteiger partial charge in [-0.2, -0.15) is 0 Å². The number of hydrogen-bond donors (Lipinski definition) is 1. The summed E-state index contributed by atoms with van der Waals surface area (Å²) < 4.78 is 5.15. The number of ether oxygens (including phenoxy) is 1. The van der Waals surface area contributed by atoms with E-state index in [-0.39, 0.29) is 41.0 Å². The Bertz CT molecular complexity index is 1150. The number of hydrogen-bond acceptors (Lipinski definition) is 5. The first-order valence-electron chi connectivity index (χ1n) is 11.0. The molecule has 5 rings (SSSR count). The van der Waals surface area contributed by atoms with Crippen molar-refractivity contribution in [1.82, 2.24) is 0 Å². The summed E-state index contributed by atoms with van der Waals surface area (Å²) in [5.41, 5.74) is 1.90. The fourth-order valence-corrected chi connectivity index (χ4v) is 5.74. The Morgan fingerprint density at radius 1 is 1.06 bits per heavy atom. The van der Waals surface area contributed by atoms with Crippen LogP contribution in [-0.4, -0.2) is 30.3 Å². The summed E-state index contributed by atoms with van der Waals surface area (Å²) >= 11 is 5.96. The van der Waals surface area contributed by atoms with E-state index in [9.17, 15) is 19.2 Å². The van der Waals surface area contributed by atoms with Crippen LogP contribution in [0.4, 0.5) is 11.4 Å². The van der Waals surface area contributed by atoms with Crippen LogP contribution < -0.4 is 10.2 Å². The minimum absolute atomic E-state index is 0.167. The highest BCUT2D eigenvalue weighted by Crippen LogP contribution is 2.56. The van der Waals surface area contributed by atoms with Crippen molar-refractivity contribution in [1.29, 1.82) is 0 Å². The lowest BCUT2D eigenvalue weighted by atomic mass is 9.81. The van der Waals surface area contributed by atoms with Gasteiger partial charge < -0.3 is 10.1 Å². The van der Waals surface area contributed by atoms with E-state index in [0.717, 1.165) is 24.8 Å². The highest BCUT2D eigenvalue weighted by molar-refractivity contribution is 6.31. The molecule has 0 spiro atoms. The lowest BCUT2D eigenvalue weighted by Crippen LogP contribution is -2.32. The molecule has 2 saturated carbocycles. The number of benzene rings is 2. The minimum Gasteiger partial charge on any atom is -0.452 e. The zero-order valence-corrected chi connectivity index (χ0v) is 18.8. The first-order chi connectivity index (χ1) is 15.8. The summed E-state index contributed by atoms with van der Waals surface area (Å²) in [6.45, 7) is 1.34. The van der Waals surface area contributed by atoms with Gasteiger partial charge in [0, 0.05) is 10.7 Å². The highest BCUT2D eigenvalue weighted by atomic mass is 35.5. The van der Waals surface area contributed by atoms with Crippen molar-refractivity contribution in [2.75, 3.05) is 16.8 Å². The van der Waals surface area contributed by atoms with Crippen molar-refractivity contribution in [3.05, 3.63) is 58.6 Å². The fourth-order valence-electron chi connectivity index (χ4n) is 5.56. The van der Waals surface area contributed by atoms with Crippen molar-refractivity contribution in [3.8, 4) is 0 Å². The topological polar surface area (TPSA) is 92.8 Å². The first-order valence-corrected chi connectivity index (χ1v) is 11.4. The second kappa shape index (κ2) is 8.30. The van der Waals surface area contributed by atoms with E-state index in [1.54, 1.807) is 30.3 Å². The van der Waals surface area contributed by atoms with Crippen LogP contribution in [0.1, 0.15) is 35.2 Å². The molecule has 2 aromatic rings. The van der Waals surface area contributed by atoms with E-state index in [2.05, 4.69) is 5.32 Å². The van der Waals surface area contributed by atoms with Gasteiger partial charge >= 0.3 is 5.97 Å². The van der Waals surface area contributed by atoms with E-state index in [4.69, 9.17) is 16.3 Å². The molecule has 1 aliphatic heterocycles. The summed E-state index contributed by atoms with van der Waals surface area (Å²) in [4.78, 5) is 52.1. The maximum atomic E-state index is 13.0. The van der Waals surface area contributed by atoms with Gasteiger partial charge in [0.15, 0.2) is 6.61 Å². The second-order valence-electron chi connectivity index (χ2n) is 9.03. The van der Waals surface area contributed by atoms with Crippen molar-refractivity contribution in [3.63, 3.8) is 0 Å². The lowest BCUT2D eigenvalue weighted by molar-refractivity contribution is -0.123. The monoisotopic (exact) mass is 466 g/mol. The Kier molecular flexibility index (Phi) is 5.44. The molecule has 3 fully saturated rings. The molecule has 2 bridgehead atoms. The number of fused-ring (bicyclic) bond motifs is 5. The minimum atomic E-state index is -0.714. The number of carbonyl (C=O) groups excluding carboxylic acids is 4. The third-order valence-electron chi connectivity index (χ3n) is 7.08. The number of nitrogens with one attached hydrogen (secondary N) is 1. The third-order valence-corrected chi connectivity index (χ3v) is 7.31. The SMILES string of the molecule is Cc1ccc(Cl)cc1NC(=O)COC(=O)c1cccc(N2C(=O)[C@H]3[C@H]4CC[C@@H](C4)[C@@H]3C2=O)c1. The zero-order valence-electron chi connectivity index (χ0n) is 18.0. The van der Waals surface area contributed by atoms with Crippen LogP contribution in [0.15, 0.2) is 42.5 Å². The molecule has 3 aliphatic rings. The van der Waals surface area contributed by atoms with E-state index >= 15 is 0 Å². The van der Waals surface area contributed by atoms with E-state index in [0.29, 0.717) is 16.4 Å². The molecule has 7 nitrogen and oxygen atoms in total. The van der Waals surface area contributed by atoms with Crippen molar-refractivity contribution >= 4 is 46.7 Å². The number of carbonyl (C=O) groups is 4. The molecule has 2 aromatic carbocycles. The van der Waals surface area contributed by atoms with Crippen LogP contribution in [0.5, 0.6) is 0 Å². The average Bonchev–Trinajstić information content (AvgIpc) is 3.48. The van der Waals surface area contributed by atoms with Gasteiger partial charge in [0.05, 0.1) is 23.1 Å². The van der Waals surface area contributed by atoms with E-state index < -0.39 is 18.5 Å². The van der Waals surface area contributed by atoms with E-state index in [1.807, 2.05) is 6.92 Å². The van der Waals surface area contributed by atoms with E-state index in [1.165, 1.54) is 17.0 Å².